The van der Waals surface area contributed by atoms with Crippen LogP contribution in [0.1, 0.15) is 77.7 Å². The molecule has 3 rings (SSSR count). The third-order valence-electron chi connectivity index (χ3n) is 7.08. The number of amides is 2. The number of rotatable bonds is 13. The van der Waals surface area contributed by atoms with Gasteiger partial charge >= 0.3 is 0 Å². The van der Waals surface area contributed by atoms with Gasteiger partial charge in [-0.2, -0.15) is 0 Å². The van der Waals surface area contributed by atoms with E-state index in [0.717, 1.165) is 50.4 Å². The number of fused-ring (bicyclic) bond motifs is 1. The Labute approximate surface area is 205 Å². The standard InChI is InChI=1S/C27H43N3O4/c1-4-6-7-8-9-10-11-25(31)28-26(21(3)5-2)27(32)30-16-14-29(15-17-30)19-22-12-13-23-24(18-22)34-20-33-23/h12-13,18,21,26H,4-11,14-17,19-20H2,1-3H3,(H,28,31). The number of piperazine rings is 1. The molecule has 1 N–H and O–H groups in total. The summed E-state index contributed by atoms with van der Waals surface area (Å²) in [5.41, 5.74) is 1.18. The summed E-state index contributed by atoms with van der Waals surface area (Å²) in [6.07, 6.45) is 8.27. The highest BCUT2D eigenvalue weighted by Crippen LogP contribution is 2.32. The molecule has 0 spiro atoms. The van der Waals surface area contributed by atoms with Crippen LogP contribution >= 0.6 is 0 Å². The first-order valence-electron chi connectivity index (χ1n) is 13.2. The van der Waals surface area contributed by atoms with Crippen molar-refractivity contribution in [3.8, 4) is 11.5 Å². The summed E-state index contributed by atoms with van der Waals surface area (Å²) in [7, 11) is 0. The van der Waals surface area contributed by atoms with Gasteiger partial charge in [0, 0.05) is 39.1 Å². The molecule has 0 bridgehead atoms. The third kappa shape index (κ3) is 7.62. The van der Waals surface area contributed by atoms with E-state index in [1.54, 1.807) is 0 Å². The highest BCUT2D eigenvalue weighted by molar-refractivity contribution is 5.88. The van der Waals surface area contributed by atoms with Gasteiger partial charge in [-0.3, -0.25) is 14.5 Å². The highest BCUT2D eigenvalue weighted by Gasteiger charge is 2.31. The Bertz CT molecular complexity index is 792. The number of ether oxygens (including phenoxy) is 2. The molecule has 1 fully saturated rings. The Kier molecular flexibility index (Phi) is 10.5. The molecule has 1 saturated heterocycles. The summed E-state index contributed by atoms with van der Waals surface area (Å²) < 4.78 is 10.9. The maximum Gasteiger partial charge on any atom is 0.245 e. The van der Waals surface area contributed by atoms with Gasteiger partial charge in [-0.15, -0.1) is 0 Å². The van der Waals surface area contributed by atoms with Crippen LogP contribution in [0.5, 0.6) is 11.5 Å². The zero-order chi connectivity index (χ0) is 24.3. The predicted octanol–water partition coefficient (Wildman–Crippen LogP) is 4.34. The molecule has 0 aliphatic carbocycles. The lowest BCUT2D eigenvalue weighted by molar-refractivity contribution is -0.139. The molecule has 0 radical (unpaired) electrons. The molecule has 2 aliphatic rings. The van der Waals surface area contributed by atoms with Crippen LogP contribution in [0, 0.1) is 5.92 Å². The van der Waals surface area contributed by atoms with Crippen LogP contribution in [0.2, 0.25) is 0 Å². The largest absolute Gasteiger partial charge is 0.454 e. The Morgan fingerprint density at radius 1 is 0.971 bits per heavy atom. The number of carbonyl (C=O) groups excluding carboxylic acids is 2. The summed E-state index contributed by atoms with van der Waals surface area (Å²) in [5.74, 6) is 1.80. The van der Waals surface area contributed by atoms with Gasteiger partial charge in [0.25, 0.3) is 0 Å². The fraction of sp³-hybridized carbons (Fsp3) is 0.704. The Morgan fingerprint density at radius 2 is 1.68 bits per heavy atom. The zero-order valence-electron chi connectivity index (χ0n) is 21.3. The molecule has 190 valence electrons. The highest BCUT2D eigenvalue weighted by atomic mass is 16.7. The first-order chi connectivity index (χ1) is 16.5. The van der Waals surface area contributed by atoms with Crippen molar-refractivity contribution >= 4 is 11.8 Å². The van der Waals surface area contributed by atoms with Gasteiger partial charge in [-0.1, -0.05) is 65.4 Å². The summed E-state index contributed by atoms with van der Waals surface area (Å²) in [6, 6.07) is 5.64. The van der Waals surface area contributed by atoms with Crippen LogP contribution in [-0.2, 0) is 16.1 Å². The molecule has 0 aromatic heterocycles. The van der Waals surface area contributed by atoms with Gasteiger partial charge in [-0.05, 0) is 30.0 Å². The predicted molar refractivity (Wildman–Crippen MR) is 134 cm³/mol. The van der Waals surface area contributed by atoms with Crippen LogP contribution in [-0.4, -0.2) is 60.6 Å². The number of hydrogen-bond donors (Lipinski definition) is 1. The fourth-order valence-corrected chi connectivity index (χ4v) is 4.62. The number of nitrogens with zero attached hydrogens (tertiary/aromatic N) is 2. The smallest absolute Gasteiger partial charge is 0.245 e. The van der Waals surface area contributed by atoms with Crippen LogP contribution in [0.3, 0.4) is 0 Å². The van der Waals surface area contributed by atoms with E-state index < -0.39 is 6.04 Å². The molecule has 2 unspecified atom stereocenters. The summed E-state index contributed by atoms with van der Waals surface area (Å²) in [6.45, 7) is 10.5. The minimum absolute atomic E-state index is 0.00980. The van der Waals surface area contributed by atoms with Gasteiger partial charge < -0.3 is 19.7 Å². The number of unbranched alkanes of at least 4 members (excludes halogenated alkanes) is 5. The van der Waals surface area contributed by atoms with E-state index in [0.29, 0.717) is 19.5 Å². The van der Waals surface area contributed by atoms with Crippen molar-refractivity contribution in [3.63, 3.8) is 0 Å². The summed E-state index contributed by atoms with van der Waals surface area (Å²) >= 11 is 0. The maximum absolute atomic E-state index is 13.3. The molecular weight excluding hydrogens is 430 g/mol. The monoisotopic (exact) mass is 473 g/mol. The Hall–Kier alpha value is -2.28. The van der Waals surface area contributed by atoms with E-state index in [-0.39, 0.29) is 24.5 Å². The Balaban J connectivity index is 1.45. The normalized spacial score (nSPS) is 17.4. The second-order valence-electron chi connectivity index (χ2n) is 9.74. The number of nitrogens with one attached hydrogen (secondary N) is 1. The van der Waals surface area contributed by atoms with Crippen molar-refractivity contribution in [1.29, 1.82) is 0 Å². The van der Waals surface area contributed by atoms with Crippen LogP contribution in [0.15, 0.2) is 18.2 Å². The molecule has 7 nitrogen and oxygen atoms in total. The van der Waals surface area contributed by atoms with E-state index in [1.807, 2.05) is 17.0 Å². The van der Waals surface area contributed by atoms with E-state index in [1.165, 1.54) is 31.2 Å². The van der Waals surface area contributed by atoms with Crippen LogP contribution in [0.4, 0.5) is 0 Å². The fourth-order valence-electron chi connectivity index (χ4n) is 4.62. The van der Waals surface area contributed by atoms with E-state index in [4.69, 9.17) is 9.47 Å². The number of benzene rings is 1. The summed E-state index contributed by atoms with van der Waals surface area (Å²) in [5, 5.41) is 3.07. The van der Waals surface area contributed by atoms with Gasteiger partial charge in [0.15, 0.2) is 11.5 Å². The first kappa shape index (κ1) is 26.3. The molecule has 34 heavy (non-hydrogen) atoms. The second kappa shape index (κ2) is 13.6. The van der Waals surface area contributed by atoms with Gasteiger partial charge in [-0.25, -0.2) is 0 Å². The van der Waals surface area contributed by atoms with Crippen molar-refractivity contribution in [1.82, 2.24) is 15.1 Å². The van der Waals surface area contributed by atoms with E-state index in [2.05, 4.69) is 37.1 Å². The Morgan fingerprint density at radius 3 is 2.41 bits per heavy atom. The lowest BCUT2D eigenvalue weighted by Gasteiger charge is -2.37. The third-order valence-corrected chi connectivity index (χ3v) is 7.08. The summed E-state index contributed by atoms with van der Waals surface area (Å²) in [4.78, 5) is 30.2. The second-order valence-corrected chi connectivity index (χ2v) is 9.74. The van der Waals surface area contributed by atoms with Crippen molar-refractivity contribution < 1.29 is 19.1 Å². The molecule has 2 aliphatic heterocycles. The molecule has 1 aromatic carbocycles. The number of carbonyl (C=O) groups is 2. The average molecular weight is 474 g/mol. The molecule has 2 amide bonds. The van der Waals surface area contributed by atoms with E-state index >= 15 is 0 Å². The maximum atomic E-state index is 13.3. The van der Waals surface area contributed by atoms with Crippen molar-refractivity contribution in [2.24, 2.45) is 5.92 Å². The van der Waals surface area contributed by atoms with Gasteiger partial charge in [0.2, 0.25) is 18.6 Å². The SMILES string of the molecule is CCCCCCCCC(=O)NC(C(=O)N1CCN(Cc2ccc3c(c2)OCO3)CC1)C(C)CC. The molecule has 7 heteroatoms. The topological polar surface area (TPSA) is 71.1 Å². The molecule has 0 saturated carbocycles. The lowest BCUT2D eigenvalue weighted by atomic mass is 9.97. The quantitative estimate of drug-likeness (QED) is 0.432. The van der Waals surface area contributed by atoms with Crippen LogP contribution in [0.25, 0.3) is 0 Å². The van der Waals surface area contributed by atoms with Crippen molar-refractivity contribution in [2.45, 2.75) is 84.7 Å². The van der Waals surface area contributed by atoms with Crippen molar-refractivity contribution in [2.75, 3.05) is 33.0 Å². The molecule has 1 aromatic rings. The van der Waals surface area contributed by atoms with Gasteiger partial charge in [0.05, 0.1) is 0 Å². The molecular formula is C27H43N3O4. The van der Waals surface area contributed by atoms with Gasteiger partial charge in [0.1, 0.15) is 6.04 Å². The minimum atomic E-state index is -0.432. The average Bonchev–Trinajstić information content (AvgIpc) is 3.32. The van der Waals surface area contributed by atoms with Crippen LogP contribution < -0.4 is 14.8 Å². The lowest BCUT2D eigenvalue weighted by Crippen LogP contribution is -2.56. The number of hydrogen-bond acceptors (Lipinski definition) is 5. The minimum Gasteiger partial charge on any atom is -0.454 e. The van der Waals surface area contributed by atoms with Crippen molar-refractivity contribution in [3.05, 3.63) is 23.8 Å². The zero-order valence-corrected chi connectivity index (χ0v) is 21.3. The van der Waals surface area contributed by atoms with E-state index in [9.17, 15) is 9.59 Å². The molecule has 2 atom stereocenters. The first-order valence-corrected chi connectivity index (χ1v) is 13.2. The molecule has 2 heterocycles.